The number of benzene rings is 2. The van der Waals surface area contributed by atoms with E-state index >= 15 is 0 Å². The Bertz CT molecular complexity index is 663. The van der Waals surface area contributed by atoms with Crippen LogP contribution in [0.2, 0.25) is 0 Å². The first-order valence-electron chi connectivity index (χ1n) is 8.86. The zero-order valence-corrected chi connectivity index (χ0v) is 13.9. The van der Waals surface area contributed by atoms with Crippen LogP contribution in [0.1, 0.15) is 55.6 Å². The standard InChI is InChI=1S/C21H25NO2/c23-20-14-8-7-13-18(20)19(16-9-3-1-4-10-16)15-21(24)22-17-11-5-2-6-12-17/h1,3-4,7-10,13-14,17,19,23H,2,5-6,11-12,15H2,(H,22,24)/t19-/m0/s1. The van der Waals surface area contributed by atoms with Gasteiger partial charge in [0, 0.05) is 23.9 Å². The van der Waals surface area contributed by atoms with E-state index in [1.165, 1.54) is 19.3 Å². The highest BCUT2D eigenvalue weighted by molar-refractivity contribution is 5.78. The molecule has 0 saturated heterocycles. The first-order chi connectivity index (χ1) is 11.7. The molecule has 24 heavy (non-hydrogen) atoms. The Hall–Kier alpha value is -2.29. The molecule has 0 unspecified atom stereocenters. The minimum Gasteiger partial charge on any atom is -0.508 e. The molecule has 1 atom stereocenters. The van der Waals surface area contributed by atoms with Gasteiger partial charge in [-0.1, -0.05) is 67.8 Å². The summed E-state index contributed by atoms with van der Waals surface area (Å²) in [5.74, 6) is 0.187. The first-order valence-corrected chi connectivity index (χ1v) is 8.86. The molecule has 0 heterocycles. The van der Waals surface area contributed by atoms with Gasteiger partial charge in [0.2, 0.25) is 5.91 Å². The predicted molar refractivity (Wildman–Crippen MR) is 96.0 cm³/mol. The molecule has 1 amide bonds. The number of amides is 1. The molecular weight excluding hydrogens is 298 g/mol. The second-order valence-electron chi connectivity index (χ2n) is 6.63. The summed E-state index contributed by atoms with van der Waals surface area (Å²) in [6.45, 7) is 0. The van der Waals surface area contributed by atoms with Gasteiger partial charge in [0.25, 0.3) is 0 Å². The third kappa shape index (κ3) is 4.16. The maximum atomic E-state index is 12.6. The summed E-state index contributed by atoms with van der Waals surface area (Å²) >= 11 is 0. The number of para-hydroxylation sites is 1. The van der Waals surface area contributed by atoms with E-state index in [9.17, 15) is 9.90 Å². The summed E-state index contributed by atoms with van der Waals surface area (Å²) in [5, 5.41) is 13.4. The largest absolute Gasteiger partial charge is 0.508 e. The lowest BCUT2D eigenvalue weighted by atomic mass is 9.87. The van der Waals surface area contributed by atoms with Crippen molar-refractivity contribution in [1.82, 2.24) is 5.32 Å². The first kappa shape index (κ1) is 16.6. The number of hydrogen-bond donors (Lipinski definition) is 2. The molecule has 1 fully saturated rings. The summed E-state index contributed by atoms with van der Waals surface area (Å²) in [6, 6.07) is 17.6. The van der Waals surface area contributed by atoms with Crippen LogP contribution in [-0.4, -0.2) is 17.1 Å². The zero-order valence-electron chi connectivity index (χ0n) is 13.9. The Morgan fingerprint density at radius 1 is 1.00 bits per heavy atom. The van der Waals surface area contributed by atoms with Crippen LogP contribution in [-0.2, 0) is 4.79 Å². The molecule has 3 rings (SSSR count). The Morgan fingerprint density at radius 3 is 2.38 bits per heavy atom. The van der Waals surface area contributed by atoms with Crippen LogP contribution in [0.3, 0.4) is 0 Å². The lowest BCUT2D eigenvalue weighted by molar-refractivity contribution is -0.122. The molecule has 1 aliphatic carbocycles. The molecular formula is C21H25NO2. The van der Waals surface area contributed by atoms with E-state index in [4.69, 9.17) is 0 Å². The molecule has 1 saturated carbocycles. The highest BCUT2D eigenvalue weighted by Crippen LogP contribution is 2.33. The number of hydrogen-bond acceptors (Lipinski definition) is 2. The van der Waals surface area contributed by atoms with Gasteiger partial charge in [-0.05, 0) is 24.5 Å². The SMILES string of the molecule is O=C(C[C@@H](c1ccccc1)c1ccccc1O)NC1CCCCC1. The number of rotatable bonds is 5. The maximum absolute atomic E-state index is 12.6. The van der Waals surface area contributed by atoms with Crippen molar-refractivity contribution < 1.29 is 9.90 Å². The fourth-order valence-electron chi connectivity index (χ4n) is 3.59. The van der Waals surface area contributed by atoms with Gasteiger partial charge in [0.1, 0.15) is 5.75 Å². The number of nitrogens with one attached hydrogen (secondary N) is 1. The zero-order chi connectivity index (χ0) is 16.8. The van der Waals surface area contributed by atoms with Crippen molar-refractivity contribution in [3.63, 3.8) is 0 Å². The average molecular weight is 323 g/mol. The smallest absolute Gasteiger partial charge is 0.221 e. The van der Waals surface area contributed by atoms with E-state index in [-0.39, 0.29) is 17.6 Å². The molecule has 3 heteroatoms. The van der Waals surface area contributed by atoms with Gasteiger partial charge in [-0.15, -0.1) is 0 Å². The second-order valence-corrected chi connectivity index (χ2v) is 6.63. The van der Waals surface area contributed by atoms with Crippen molar-refractivity contribution in [3.8, 4) is 5.75 Å². The topological polar surface area (TPSA) is 49.3 Å². The van der Waals surface area contributed by atoms with E-state index in [0.29, 0.717) is 12.5 Å². The lowest BCUT2D eigenvalue weighted by Crippen LogP contribution is -2.36. The van der Waals surface area contributed by atoms with Crippen LogP contribution in [0.15, 0.2) is 54.6 Å². The summed E-state index contributed by atoms with van der Waals surface area (Å²) in [4.78, 5) is 12.6. The third-order valence-electron chi connectivity index (χ3n) is 4.87. The van der Waals surface area contributed by atoms with Gasteiger partial charge in [0.15, 0.2) is 0 Å². The van der Waals surface area contributed by atoms with E-state index in [2.05, 4.69) is 5.32 Å². The molecule has 0 spiro atoms. The van der Waals surface area contributed by atoms with E-state index < -0.39 is 0 Å². The van der Waals surface area contributed by atoms with E-state index in [1.807, 2.05) is 48.5 Å². The van der Waals surface area contributed by atoms with Crippen molar-refractivity contribution in [1.29, 1.82) is 0 Å². The van der Waals surface area contributed by atoms with Crippen LogP contribution < -0.4 is 5.32 Å². The summed E-state index contributed by atoms with van der Waals surface area (Å²) in [6.07, 6.45) is 6.20. The van der Waals surface area contributed by atoms with E-state index in [1.54, 1.807) is 6.07 Å². The van der Waals surface area contributed by atoms with Gasteiger partial charge in [-0.25, -0.2) is 0 Å². The average Bonchev–Trinajstić information content (AvgIpc) is 2.62. The fraction of sp³-hybridized carbons (Fsp3) is 0.381. The lowest BCUT2D eigenvalue weighted by Gasteiger charge is -2.25. The molecule has 0 aliphatic heterocycles. The van der Waals surface area contributed by atoms with Crippen molar-refractivity contribution in [2.45, 2.75) is 50.5 Å². The molecule has 0 aromatic heterocycles. The molecule has 0 radical (unpaired) electrons. The van der Waals surface area contributed by atoms with Crippen LogP contribution in [0, 0.1) is 0 Å². The number of carbonyl (C=O) groups excluding carboxylic acids is 1. The van der Waals surface area contributed by atoms with E-state index in [0.717, 1.165) is 24.0 Å². The van der Waals surface area contributed by atoms with Crippen LogP contribution in [0.4, 0.5) is 0 Å². The normalized spacial score (nSPS) is 16.5. The highest BCUT2D eigenvalue weighted by atomic mass is 16.3. The quantitative estimate of drug-likeness (QED) is 0.859. The Morgan fingerprint density at radius 2 is 1.67 bits per heavy atom. The number of phenolic OH excluding ortho intramolecular Hbond substituents is 1. The molecule has 2 aromatic carbocycles. The molecule has 3 nitrogen and oxygen atoms in total. The van der Waals surface area contributed by atoms with Crippen molar-refractivity contribution >= 4 is 5.91 Å². The Kier molecular flexibility index (Phi) is 5.52. The van der Waals surface area contributed by atoms with Crippen molar-refractivity contribution in [2.24, 2.45) is 0 Å². The minimum absolute atomic E-state index is 0.0685. The van der Waals surface area contributed by atoms with Crippen LogP contribution in [0.5, 0.6) is 5.75 Å². The third-order valence-corrected chi connectivity index (χ3v) is 4.87. The summed E-state index contributed by atoms with van der Waals surface area (Å²) in [5.41, 5.74) is 1.86. The highest BCUT2D eigenvalue weighted by Gasteiger charge is 2.23. The molecule has 0 bridgehead atoms. The molecule has 2 aromatic rings. The van der Waals surface area contributed by atoms with Crippen LogP contribution in [0.25, 0.3) is 0 Å². The number of phenols is 1. The predicted octanol–water partition coefficient (Wildman–Crippen LogP) is 4.36. The van der Waals surface area contributed by atoms with Gasteiger partial charge < -0.3 is 10.4 Å². The molecule has 126 valence electrons. The minimum atomic E-state index is -0.129. The van der Waals surface area contributed by atoms with Gasteiger partial charge >= 0.3 is 0 Å². The number of aromatic hydroxyl groups is 1. The number of carbonyl (C=O) groups is 1. The van der Waals surface area contributed by atoms with Gasteiger partial charge in [0.05, 0.1) is 0 Å². The van der Waals surface area contributed by atoms with Crippen LogP contribution >= 0.6 is 0 Å². The second kappa shape index (κ2) is 8.00. The van der Waals surface area contributed by atoms with Crippen molar-refractivity contribution in [2.75, 3.05) is 0 Å². The monoisotopic (exact) mass is 323 g/mol. The van der Waals surface area contributed by atoms with Crippen molar-refractivity contribution in [3.05, 3.63) is 65.7 Å². The molecule has 1 aliphatic rings. The van der Waals surface area contributed by atoms with Gasteiger partial charge in [-0.3, -0.25) is 4.79 Å². The Balaban J connectivity index is 1.77. The molecule has 2 N–H and O–H groups in total. The van der Waals surface area contributed by atoms with Gasteiger partial charge in [-0.2, -0.15) is 0 Å². The maximum Gasteiger partial charge on any atom is 0.221 e. The summed E-state index contributed by atoms with van der Waals surface area (Å²) in [7, 11) is 0. The Labute approximate surface area is 143 Å². The fourth-order valence-corrected chi connectivity index (χ4v) is 3.59. The summed E-state index contributed by atoms with van der Waals surface area (Å²) < 4.78 is 0.